The summed E-state index contributed by atoms with van der Waals surface area (Å²) in [5, 5.41) is 9.33. The van der Waals surface area contributed by atoms with Crippen molar-refractivity contribution < 1.29 is 29.0 Å². The maximum atomic E-state index is 12.8. The summed E-state index contributed by atoms with van der Waals surface area (Å²) in [6.45, 7) is 1.76. The highest BCUT2D eigenvalue weighted by Crippen LogP contribution is 2.26. The van der Waals surface area contributed by atoms with E-state index in [1.807, 2.05) is 24.3 Å². The first-order valence-corrected chi connectivity index (χ1v) is 11.4. The fourth-order valence-electron chi connectivity index (χ4n) is 3.42. The number of nitrogens with zero attached hydrogens (tertiary/aromatic N) is 2. The number of likely N-dealkylation sites (N-methyl/N-ethyl adjacent to an activating group) is 1. The number of aliphatic carboxylic acids is 1. The van der Waals surface area contributed by atoms with E-state index in [1.54, 1.807) is 75.9 Å². The molecular formula is C28H28N2O6. The fraction of sp³-hybridized carbons (Fsp3) is 0.214. The van der Waals surface area contributed by atoms with Crippen LogP contribution in [-0.2, 0) is 25.5 Å². The Labute approximate surface area is 209 Å². The quantitative estimate of drug-likeness (QED) is 0.257. The number of amides is 1. The zero-order chi connectivity index (χ0) is 26.1. The summed E-state index contributed by atoms with van der Waals surface area (Å²) in [7, 11) is 3.40. The van der Waals surface area contributed by atoms with Crippen molar-refractivity contribution >= 4 is 29.5 Å². The van der Waals surface area contributed by atoms with Crippen molar-refractivity contribution in [3.05, 3.63) is 89.7 Å². The molecule has 1 unspecified atom stereocenters. The summed E-state index contributed by atoms with van der Waals surface area (Å²) in [6, 6.07) is 17.7. The van der Waals surface area contributed by atoms with Crippen LogP contribution in [0.3, 0.4) is 0 Å². The van der Waals surface area contributed by atoms with Crippen LogP contribution >= 0.6 is 0 Å². The predicted octanol–water partition coefficient (Wildman–Crippen LogP) is 4.31. The third-order valence-corrected chi connectivity index (χ3v) is 5.27. The number of pyridine rings is 1. The number of carboxylic acid groups (broad SMARTS) is 1. The Morgan fingerprint density at radius 1 is 1.00 bits per heavy atom. The number of esters is 1. The molecule has 0 saturated heterocycles. The van der Waals surface area contributed by atoms with Gasteiger partial charge < -0.3 is 19.5 Å². The molecule has 8 nitrogen and oxygen atoms in total. The minimum absolute atomic E-state index is 0.0229. The van der Waals surface area contributed by atoms with Crippen LogP contribution in [0.1, 0.15) is 23.6 Å². The summed E-state index contributed by atoms with van der Waals surface area (Å²) >= 11 is 0. The molecule has 0 fully saturated rings. The van der Waals surface area contributed by atoms with Gasteiger partial charge in [-0.3, -0.25) is 19.4 Å². The largest absolute Gasteiger partial charge is 0.481 e. The van der Waals surface area contributed by atoms with Gasteiger partial charge in [0.25, 0.3) is 5.91 Å². The highest BCUT2D eigenvalue weighted by atomic mass is 16.5. The van der Waals surface area contributed by atoms with Gasteiger partial charge in [0.2, 0.25) is 0 Å². The Balaban J connectivity index is 1.73. The SMILES string of the molecule is CCOC(=O)C(Cc1ccc(Oc2ccc(C(=Cc3cccnc3)C(=O)N(C)C)cc2)cc1)C(=O)O. The second kappa shape index (κ2) is 12.3. The molecule has 1 heterocycles. The molecule has 8 heteroatoms. The van der Waals surface area contributed by atoms with Gasteiger partial charge in [-0.15, -0.1) is 0 Å². The van der Waals surface area contributed by atoms with E-state index in [2.05, 4.69) is 4.98 Å². The Kier molecular flexibility index (Phi) is 8.94. The summed E-state index contributed by atoms with van der Waals surface area (Å²) in [4.78, 5) is 41.7. The van der Waals surface area contributed by atoms with E-state index in [0.717, 1.165) is 11.1 Å². The third kappa shape index (κ3) is 7.02. The van der Waals surface area contributed by atoms with Crippen LogP contribution in [0.25, 0.3) is 11.6 Å². The van der Waals surface area contributed by atoms with Crippen LogP contribution in [0.4, 0.5) is 0 Å². The molecule has 0 aliphatic rings. The van der Waals surface area contributed by atoms with Crippen molar-refractivity contribution in [3.8, 4) is 11.5 Å². The lowest BCUT2D eigenvalue weighted by Crippen LogP contribution is -2.27. The second-order valence-electron chi connectivity index (χ2n) is 8.16. The second-order valence-corrected chi connectivity index (χ2v) is 8.16. The molecule has 0 aliphatic heterocycles. The van der Waals surface area contributed by atoms with Crippen LogP contribution in [0, 0.1) is 5.92 Å². The number of aromatic nitrogens is 1. The van der Waals surface area contributed by atoms with E-state index in [4.69, 9.17) is 9.47 Å². The average Bonchev–Trinajstić information content (AvgIpc) is 2.87. The van der Waals surface area contributed by atoms with Crippen molar-refractivity contribution in [2.75, 3.05) is 20.7 Å². The van der Waals surface area contributed by atoms with E-state index in [0.29, 0.717) is 22.6 Å². The smallest absolute Gasteiger partial charge is 0.320 e. The average molecular weight is 489 g/mol. The molecule has 186 valence electrons. The lowest BCUT2D eigenvalue weighted by Gasteiger charge is -2.15. The molecule has 3 aromatic rings. The highest BCUT2D eigenvalue weighted by molar-refractivity contribution is 6.24. The molecule has 1 atom stereocenters. The van der Waals surface area contributed by atoms with Crippen LogP contribution < -0.4 is 4.74 Å². The first-order chi connectivity index (χ1) is 17.3. The summed E-state index contributed by atoms with van der Waals surface area (Å²) < 4.78 is 10.8. The predicted molar refractivity (Wildman–Crippen MR) is 135 cm³/mol. The van der Waals surface area contributed by atoms with Crippen molar-refractivity contribution in [2.45, 2.75) is 13.3 Å². The molecule has 0 radical (unpaired) electrons. The summed E-state index contributed by atoms with van der Waals surface area (Å²) in [6.07, 6.45) is 5.18. The van der Waals surface area contributed by atoms with Crippen LogP contribution in [0.15, 0.2) is 73.1 Å². The van der Waals surface area contributed by atoms with Crippen molar-refractivity contribution in [3.63, 3.8) is 0 Å². The number of carbonyl (C=O) groups excluding carboxylic acids is 2. The van der Waals surface area contributed by atoms with E-state index in [-0.39, 0.29) is 18.9 Å². The Morgan fingerprint density at radius 3 is 2.17 bits per heavy atom. The Bertz CT molecular complexity index is 1220. The lowest BCUT2D eigenvalue weighted by molar-refractivity contribution is -0.158. The monoisotopic (exact) mass is 488 g/mol. The van der Waals surface area contributed by atoms with E-state index in [9.17, 15) is 19.5 Å². The number of hydrogen-bond donors (Lipinski definition) is 1. The lowest BCUT2D eigenvalue weighted by atomic mass is 9.99. The molecule has 3 rings (SSSR count). The molecule has 1 amide bonds. The van der Waals surface area contributed by atoms with Gasteiger partial charge >= 0.3 is 11.9 Å². The summed E-state index contributed by atoms with van der Waals surface area (Å²) in [5.41, 5.74) is 2.75. The maximum Gasteiger partial charge on any atom is 0.320 e. The first kappa shape index (κ1) is 26.2. The van der Waals surface area contributed by atoms with Crippen LogP contribution in [-0.4, -0.2) is 53.5 Å². The number of benzene rings is 2. The zero-order valence-corrected chi connectivity index (χ0v) is 20.4. The normalized spacial score (nSPS) is 11.9. The van der Waals surface area contributed by atoms with E-state index >= 15 is 0 Å². The van der Waals surface area contributed by atoms with Gasteiger partial charge in [-0.25, -0.2) is 0 Å². The molecule has 36 heavy (non-hydrogen) atoms. The topological polar surface area (TPSA) is 106 Å². The minimum Gasteiger partial charge on any atom is -0.481 e. The molecule has 0 aliphatic carbocycles. The fourth-order valence-corrected chi connectivity index (χ4v) is 3.42. The maximum absolute atomic E-state index is 12.8. The van der Waals surface area contributed by atoms with Crippen molar-refractivity contribution in [1.29, 1.82) is 0 Å². The number of carboxylic acids is 1. The highest BCUT2D eigenvalue weighted by Gasteiger charge is 2.27. The standard InChI is InChI=1S/C28H28N2O6/c1-4-35-28(34)25(27(32)33)16-19-7-11-22(12-8-19)36-23-13-9-21(10-14-23)24(26(31)30(2)3)17-20-6-5-15-29-18-20/h5-15,17-18,25H,4,16H2,1-3H3,(H,32,33). The zero-order valence-electron chi connectivity index (χ0n) is 20.4. The van der Waals surface area contributed by atoms with Crippen LogP contribution in [0.2, 0.25) is 0 Å². The summed E-state index contributed by atoms with van der Waals surface area (Å²) in [5.74, 6) is -2.26. The van der Waals surface area contributed by atoms with Crippen LogP contribution in [0.5, 0.6) is 11.5 Å². The third-order valence-electron chi connectivity index (χ3n) is 5.27. The molecule has 1 aromatic heterocycles. The molecule has 1 N–H and O–H groups in total. The number of hydrogen-bond acceptors (Lipinski definition) is 6. The van der Waals surface area contributed by atoms with Crippen molar-refractivity contribution in [1.82, 2.24) is 9.88 Å². The van der Waals surface area contributed by atoms with Gasteiger partial charge in [0.05, 0.1) is 6.61 Å². The van der Waals surface area contributed by atoms with Gasteiger partial charge in [0.1, 0.15) is 11.5 Å². The van der Waals surface area contributed by atoms with Gasteiger partial charge in [-0.1, -0.05) is 30.3 Å². The van der Waals surface area contributed by atoms with Gasteiger partial charge in [-0.05, 0) is 66.4 Å². The van der Waals surface area contributed by atoms with Gasteiger partial charge in [-0.2, -0.15) is 0 Å². The number of carbonyl (C=O) groups is 3. The Morgan fingerprint density at radius 2 is 1.64 bits per heavy atom. The molecule has 2 aromatic carbocycles. The molecule has 0 saturated carbocycles. The van der Waals surface area contributed by atoms with E-state index < -0.39 is 17.9 Å². The minimum atomic E-state index is -1.26. The molecule has 0 spiro atoms. The van der Waals surface area contributed by atoms with E-state index in [1.165, 1.54) is 4.90 Å². The van der Waals surface area contributed by atoms with Gasteiger partial charge in [0.15, 0.2) is 5.92 Å². The number of rotatable bonds is 10. The number of ether oxygens (including phenoxy) is 2. The molecular weight excluding hydrogens is 460 g/mol. The molecule has 0 bridgehead atoms. The van der Waals surface area contributed by atoms with Gasteiger partial charge in [0, 0.05) is 32.1 Å². The van der Waals surface area contributed by atoms with Crippen molar-refractivity contribution in [2.24, 2.45) is 5.92 Å². The Hall–Kier alpha value is -4.46. The first-order valence-electron chi connectivity index (χ1n) is 11.4.